The Morgan fingerprint density at radius 2 is 1.96 bits per heavy atom. The number of carbonyl (C=O) groups excluding carboxylic acids is 2. The van der Waals surface area contributed by atoms with Crippen LogP contribution in [0.2, 0.25) is 0 Å². The van der Waals surface area contributed by atoms with Crippen LogP contribution in [-0.4, -0.2) is 40.7 Å². The zero-order valence-corrected chi connectivity index (χ0v) is 16.4. The molecule has 8 heteroatoms. The van der Waals surface area contributed by atoms with Crippen molar-refractivity contribution < 1.29 is 9.59 Å². The third-order valence-corrected chi connectivity index (χ3v) is 5.68. The van der Waals surface area contributed by atoms with Crippen molar-refractivity contribution in [3.8, 4) is 0 Å². The van der Waals surface area contributed by atoms with Crippen LogP contribution in [-0.2, 0) is 4.79 Å². The summed E-state index contributed by atoms with van der Waals surface area (Å²) < 4.78 is 0. The molecule has 1 saturated carbocycles. The molecule has 0 aliphatic heterocycles. The fourth-order valence-corrected chi connectivity index (χ4v) is 3.99. The van der Waals surface area contributed by atoms with Gasteiger partial charge in [-0.1, -0.05) is 43.7 Å². The van der Waals surface area contributed by atoms with Gasteiger partial charge in [0.25, 0.3) is 0 Å². The molecular formula is C19H25N5O2S. The van der Waals surface area contributed by atoms with Crippen molar-refractivity contribution in [2.45, 2.75) is 43.8 Å². The number of hydrogen-bond acceptors (Lipinski definition) is 6. The van der Waals surface area contributed by atoms with E-state index in [4.69, 9.17) is 0 Å². The summed E-state index contributed by atoms with van der Waals surface area (Å²) in [5.74, 6) is 0.881. The highest BCUT2D eigenvalue weighted by atomic mass is 32.2. The molecule has 1 heterocycles. The Kier molecular flexibility index (Phi) is 6.49. The molecule has 3 amide bonds. The topological polar surface area (TPSA) is 96.0 Å². The average molecular weight is 388 g/mol. The van der Waals surface area contributed by atoms with Crippen LogP contribution in [0.5, 0.6) is 0 Å². The van der Waals surface area contributed by atoms with Crippen molar-refractivity contribution in [3.63, 3.8) is 0 Å². The number of carbonyl (C=O) groups is 2. The number of thioether (sulfide) groups is 1. The molecule has 0 bridgehead atoms. The Bertz CT molecular complexity index is 829. The molecule has 2 aromatic rings. The van der Waals surface area contributed by atoms with E-state index in [1.807, 2.05) is 24.3 Å². The zero-order chi connectivity index (χ0) is 19.2. The van der Waals surface area contributed by atoms with Crippen LogP contribution in [0.4, 0.5) is 10.6 Å². The van der Waals surface area contributed by atoms with Crippen LogP contribution in [0.3, 0.4) is 0 Å². The molecular weight excluding hydrogens is 362 g/mol. The Balaban J connectivity index is 1.54. The number of imide groups is 1. The summed E-state index contributed by atoms with van der Waals surface area (Å²) in [7, 11) is 1.80. The highest BCUT2D eigenvalue weighted by molar-refractivity contribution is 7.99. The summed E-state index contributed by atoms with van der Waals surface area (Å²) in [6.07, 6.45) is 4.40. The standard InChI is InChI=1S/C19H25N5O2S/c1-12-7-3-5-9-14(12)21-18(26)23-16(25)11-27-19-22-15-10-6-4-8-13(15)17(20-2)24-19/h4,6,8,10,12,14H,3,5,7,9,11H2,1-2H3,(H,20,22,24)(H2,21,23,25,26)/t12-,14-/m1/s1. The average Bonchev–Trinajstić information content (AvgIpc) is 2.67. The van der Waals surface area contributed by atoms with E-state index in [-0.39, 0.29) is 17.7 Å². The fraction of sp³-hybridized carbons (Fsp3) is 0.474. The molecule has 144 valence electrons. The molecule has 2 atom stereocenters. The van der Waals surface area contributed by atoms with Gasteiger partial charge < -0.3 is 10.6 Å². The van der Waals surface area contributed by atoms with Crippen LogP contribution < -0.4 is 16.0 Å². The lowest BCUT2D eigenvalue weighted by Crippen LogP contribution is -2.48. The van der Waals surface area contributed by atoms with Gasteiger partial charge in [0.2, 0.25) is 5.91 Å². The van der Waals surface area contributed by atoms with E-state index in [9.17, 15) is 9.59 Å². The van der Waals surface area contributed by atoms with Crippen LogP contribution in [0.15, 0.2) is 29.4 Å². The van der Waals surface area contributed by atoms with Crippen LogP contribution in [0.1, 0.15) is 32.6 Å². The predicted molar refractivity (Wildman–Crippen MR) is 108 cm³/mol. The van der Waals surface area contributed by atoms with Crippen molar-refractivity contribution in [1.82, 2.24) is 20.6 Å². The van der Waals surface area contributed by atoms with Crippen molar-refractivity contribution in [2.75, 3.05) is 18.1 Å². The molecule has 0 saturated heterocycles. The third-order valence-electron chi connectivity index (χ3n) is 4.83. The lowest BCUT2D eigenvalue weighted by molar-refractivity contribution is -0.117. The van der Waals surface area contributed by atoms with Gasteiger partial charge in [0, 0.05) is 18.5 Å². The lowest BCUT2D eigenvalue weighted by Gasteiger charge is -2.29. The number of rotatable bonds is 5. The molecule has 0 spiro atoms. The number of para-hydroxylation sites is 1. The summed E-state index contributed by atoms with van der Waals surface area (Å²) in [5.41, 5.74) is 0.809. The second-order valence-electron chi connectivity index (χ2n) is 6.80. The number of aromatic nitrogens is 2. The van der Waals surface area contributed by atoms with Gasteiger partial charge >= 0.3 is 6.03 Å². The monoisotopic (exact) mass is 387 g/mol. The first-order chi connectivity index (χ1) is 13.1. The number of anilines is 1. The molecule has 1 aliphatic carbocycles. The first-order valence-corrected chi connectivity index (χ1v) is 10.2. The Morgan fingerprint density at radius 3 is 2.74 bits per heavy atom. The predicted octanol–water partition coefficient (Wildman–Crippen LogP) is 3.17. The minimum atomic E-state index is -0.422. The van der Waals surface area contributed by atoms with Gasteiger partial charge in [-0.05, 0) is 30.9 Å². The highest BCUT2D eigenvalue weighted by Gasteiger charge is 2.23. The summed E-state index contributed by atoms with van der Waals surface area (Å²) in [4.78, 5) is 33.1. The molecule has 1 aromatic heterocycles. The van der Waals surface area contributed by atoms with E-state index in [2.05, 4.69) is 32.8 Å². The first kappa shape index (κ1) is 19.4. The van der Waals surface area contributed by atoms with Crippen LogP contribution in [0, 0.1) is 5.92 Å². The second kappa shape index (κ2) is 9.03. The molecule has 3 rings (SSSR count). The normalized spacial score (nSPS) is 19.5. The van der Waals surface area contributed by atoms with E-state index in [0.29, 0.717) is 16.9 Å². The number of amides is 3. The third kappa shape index (κ3) is 5.09. The summed E-state index contributed by atoms with van der Waals surface area (Å²) in [6.45, 7) is 2.14. The summed E-state index contributed by atoms with van der Waals surface area (Å²) in [5, 5.41) is 9.79. The zero-order valence-electron chi connectivity index (χ0n) is 15.6. The Hall–Kier alpha value is -2.35. The van der Waals surface area contributed by atoms with E-state index in [1.165, 1.54) is 18.2 Å². The molecule has 3 N–H and O–H groups in total. The molecule has 27 heavy (non-hydrogen) atoms. The fourth-order valence-electron chi connectivity index (χ4n) is 3.34. The first-order valence-electron chi connectivity index (χ1n) is 9.24. The van der Waals surface area contributed by atoms with Gasteiger partial charge in [0.15, 0.2) is 5.16 Å². The Morgan fingerprint density at radius 1 is 1.19 bits per heavy atom. The molecule has 0 unspecified atom stereocenters. The summed E-state index contributed by atoms with van der Waals surface area (Å²) in [6, 6.07) is 7.40. The minimum Gasteiger partial charge on any atom is -0.372 e. The molecule has 0 radical (unpaired) electrons. The maximum absolute atomic E-state index is 12.1. The van der Waals surface area contributed by atoms with Gasteiger partial charge in [-0.3, -0.25) is 10.1 Å². The van der Waals surface area contributed by atoms with Gasteiger partial charge in [-0.25, -0.2) is 14.8 Å². The maximum atomic E-state index is 12.1. The van der Waals surface area contributed by atoms with E-state index < -0.39 is 6.03 Å². The SMILES string of the molecule is CNc1nc(SCC(=O)NC(=O)N[C@@H]2CCCC[C@H]2C)nc2ccccc12. The number of urea groups is 1. The molecule has 1 aliphatic rings. The van der Waals surface area contributed by atoms with E-state index in [0.717, 1.165) is 30.2 Å². The van der Waals surface area contributed by atoms with Gasteiger partial charge in [0.1, 0.15) is 5.82 Å². The Labute approximate surface area is 163 Å². The van der Waals surface area contributed by atoms with Gasteiger partial charge in [-0.2, -0.15) is 0 Å². The highest BCUT2D eigenvalue weighted by Crippen LogP contribution is 2.24. The van der Waals surface area contributed by atoms with Crippen molar-refractivity contribution in [3.05, 3.63) is 24.3 Å². The van der Waals surface area contributed by atoms with Gasteiger partial charge in [-0.15, -0.1) is 0 Å². The lowest BCUT2D eigenvalue weighted by atomic mass is 9.86. The largest absolute Gasteiger partial charge is 0.372 e. The van der Waals surface area contributed by atoms with Crippen LogP contribution in [0.25, 0.3) is 10.9 Å². The number of benzene rings is 1. The second-order valence-corrected chi connectivity index (χ2v) is 7.74. The van der Waals surface area contributed by atoms with E-state index in [1.54, 1.807) is 7.05 Å². The van der Waals surface area contributed by atoms with Crippen LogP contribution >= 0.6 is 11.8 Å². The van der Waals surface area contributed by atoms with Crippen molar-refractivity contribution >= 4 is 40.4 Å². The summed E-state index contributed by atoms with van der Waals surface area (Å²) >= 11 is 1.21. The number of nitrogens with zero attached hydrogens (tertiary/aromatic N) is 2. The van der Waals surface area contributed by atoms with Crippen molar-refractivity contribution in [2.24, 2.45) is 5.92 Å². The number of fused-ring (bicyclic) bond motifs is 1. The quantitative estimate of drug-likeness (QED) is 0.539. The number of hydrogen-bond donors (Lipinski definition) is 3. The van der Waals surface area contributed by atoms with Crippen molar-refractivity contribution in [1.29, 1.82) is 0 Å². The van der Waals surface area contributed by atoms with Gasteiger partial charge in [0.05, 0.1) is 11.3 Å². The minimum absolute atomic E-state index is 0.0785. The number of nitrogens with one attached hydrogen (secondary N) is 3. The smallest absolute Gasteiger partial charge is 0.321 e. The maximum Gasteiger partial charge on any atom is 0.321 e. The van der Waals surface area contributed by atoms with E-state index >= 15 is 0 Å². The molecule has 1 aromatic carbocycles. The molecule has 7 nitrogen and oxygen atoms in total. The molecule has 1 fully saturated rings.